The van der Waals surface area contributed by atoms with Crippen LogP contribution in [0.2, 0.25) is 0 Å². The van der Waals surface area contributed by atoms with Crippen molar-refractivity contribution in [2.45, 2.75) is 25.1 Å². The van der Waals surface area contributed by atoms with Crippen LogP contribution in [0.25, 0.3) is 11.3 Å². The quantitative estimate of drug-likeness (QED) is 0.877. The van der Waals surface area contributed by atoms with Crippen molar-refractivity contribution in [3.63, 3.8) is 0 Å². The van der Waals surface area contributed by atoms with Crippen LogP contribution in [0.1, 0.15) is 28.4 Å². The molecule has 6 nitrogen and oxygen atoms in total. The minimum absolute atomic E-state index is 0.00409. The van der Waals surface area contributed by atoms with Gasteiger partial charge in [-0.3, -0.25) is 4.79 Å². The summed E-state index contributed by atoms with van der Waals surface area (Å²) in [5, 5.41) is 9.16. The number of aromatic nitrogens is 1. The van der Waals surface area contributed by atoms with Gasteiger partial charge in [-0.1, -0.05) is 0 Å². The first-order valence-corrected chi connectivity index (χ1v) is 7.96. The van der Waals surface area contributed by atoms with E-state index in [2.05, 4.69) is 0 Å². The maximum absolute atomic E-state index is 13.1. The molecule has 0 spiro atoms. The summed E-state index contributed by atoms with van der Waals surface area (Å²) in [5.41, 5.74) is -0.0806. The smallest absolute Gasteiger partial charge is 0.391 e. The van der Waals surface area contributed by atoms with Gasteiger partial charge >= 0.3 is 12.1 Å². The lowest BCUT2D eigenvalue weighted by Crippen LogP contribution is -2.28. The van der Waals surface area contributed by atoms with Crippen molar-refractivity contribution in [2.75, 3.05) is 14.2 Å². The zero-order chi connectivity index (χ0) is 19.9. The number of pyridine rings is 1. The molecule has 2 aromatic rings. The SMILES string of the molecule is COc1cc2c(cc1OC)-c1cc(=O)c(C(=O)O)cn1C(CC(F)(F)F)C2. The highest BCUT2D eigenvalue weighted by molar-refractivity contribution is 5.87. The highest BCUT2D eigenvalue weighted by Gasteiger charge is 2.36. The van der Waals surface area contributed by atoms with Crippen LogP contribution < -0.4 is 14.9 Å². The van der Waals surface area contributed by atoms with Crippen molar-refractivity contribution in [1.29, 1.82) is 0 Å². The lowest BCUT2D eigenvalue weighted by Gasteiger charge is -2.32. The fraction of sp³-hybridized carbons (Fsp3) is 0.333. The second kappa shape index (κ2) is 6.64. The molecule has 3 rings (SSSR count). The first kappa shape index (κ1) is 18.8. The maximum atomic E-state index is 13.1. The van der Waals surface area contributed by atoms with Gasteiger partial charge in [-0.2, -0.15) is 13.2 Å². The van der Waals surface area contributed by atoms with Gasteiger partial charge < -0.3 is 19.1 Å². The van der Waals surface area contributed by atoms with Crippen LogP contribution in [0.5, 0.6) is 11.5 Å². The third-order valence-electron chi connectivity index (χ3n) is 4.51. The molecule has 1 aromatic carbocycles. The molecular weight excluding hydrogens is 367 g/mol. The Kier molecular flexibility index (Phi) is 4.63. The molecule has 9 heteroatoms. The minimum Gasteiger partial charge on any atom is -0.493 e. The Morgan fingerprint density at radius 2 is 1.85 bits per heavy atom. The zero-order valence-corrected chi connectivity index (χ0v) is 14.5. The third-order valence-corrected chi connectivity index (χ3v) is 4.51. The monoisotopic (exact) mass is 383 g/mol. The Balaban J connectivity index is 2.27. The summed E-state index contributed by atoms with van der Waals surface area (Å²) in [6.45, 7) is 0. The van der Waals surface area contributed by atoms with Crippen LogP contribution in [0.4, 0.5) is 13.2 Å². The zero-order valence-electron chi connectivity index (χ0n) is 14.5. The number of nitrogens with zero attached hydrogens (tertiary/aromatic N) is 1. The molecule has 1 N–H and O–H groups in total. The first-order valence-electron chi connectivity index (χ1n) is 7.96. The van der Waals surface area contributed by atoms with Gasteiger partial charge in [0.05, 0.1) is 26.3 Å². The van der Waals surface area contributed by atoms with E-state index < -0.39 is 35.6 Å². The standard InChI is InChI=1S/C18H16F3NO5/c1-26-15-4-9-3-10(7-18(19,20)21)22-8-12(17(24)25)14(23)6-13(22)11(9)5-16(15)27-2/h4-6,8,10H,3,7H2,1-2H3,(H,24,25). The second-order valence-electron chi connectivity index (χ2n) is 6.19. The Labute approximate surface area is 151 Å². The molecular formula is C18H16F3NO5. The topological polar surface area (TPSA) is 77.8 Å². The van der Waals surface area contributed by atoms with E-state index in [4.69, 9.17) is 14.6 Å². The number of fused-ring (bicyclic) bond motifs is 3. The summed E-state index contributed by atoms with van der Waals surface area (Å²) in [5.74, 6) is -0.772. The van der Waals surface area contributed by atoms with Crippen LogP contribution in [0.15, 0.2) is 29.2 Å². The number of hydrogen-bond acceptors (Lipinski definition) is 4. The predicted molar refractivity (Wildman–Crippen MR) is 89.6 cm³/mol. The number of carboxylic acids is 1. The minimum atomic E-state index is -4.46. The molecule has 0 aliphatic carbocycles. The van der Waals surface area contributed by atoms with E-state index in [1.807, 2.05) is 0 Å². The van der Waals surface area contributed by atoms with E-state index in [1.165, 1.54) is 18.8 Å². The molecule has 0 bridgehead atoms. The highest BCUT2D eigenvalue weighted by Crippen LogP contribution is 2.43. The summed E-state index contributed by atoms with van der Waals surface area (Å²) in [4.78, 5) is 23.4. The van der Waals surface area contributed by atoms with E-state index >= 15 is 0 Å². The fourth-order valence-electron chi connectivity index (χ4n) is 3.35. The third kappa shape index (κ3) is 3.49. The highest BCUT2D eigenvalue weighted by atomic mass is 19.4. The average Bonchev–Trinajstić information content (AvgIpc) is 2.58. The van der Waals surface area contributed by atoms with Crippen LogP contribution in [0.3, 0.4) is 0 Å². The van der Waals surface area contributed by atoms with E-state index in [1.54, 1.807) is 12.1 Å². The molecule has 1 aliphatic rings. The van der Waals surface area contributed by atoms with E-state index in [0.717, 1.165) is 12.3 Å². The van der Waals surface area contributed by atoms with Crippen molar-refractivity contribution in [3.05, 3.63) is 45.7 Å². The molecule has 1 aliphatic heterocycles. The van der Waals surface area contributed by atoms with Gasteiger partial charge in [0.1, 0.15) is 5.56 Å². The molecule has 1 aromatic heterocycles. The average molecular weight is 383 g/mol. The van der Waals surface area contributed by atoms with Crippen LogP contribution in [-0.2, 0) is 6.42 Å². The number of hydrogen-bond donors (Lipinski definition) is 1. The molecule has 1 atom stereocenters. The normalized spacial score (nSPS) is 15.7. The first-order chi connectivity index (χ1) is 12.6. The lowest BCUT2D eigenvalue weighted by molar-refractivity contribution is -0.142. The Morgan fingerprint density at radius 1 is 1.22 bits per heavy atom. The number of benzene rings is 1. The number of halogens is 3. The van der Waals surface area contributed by atoms with Crippen LogP contribution >= 0.6 is 0 Å². The van der Waals surface area contributed by atoms with Crippen molar-refractivity contribution >= 4 is 5.97 Å². The van der Waals surface area contributed by atoms with Crippen molar-refractivity contribution in [2.24, 2.45) is 0 Å². The number of aromatic carboxylic acids is 1. The van der Waals surface area contributed by atoms with Crippen molar-refractivity contribution < 1.29 is 32.5 Å². The van der Waals surface area contributed by atoms with E-state index in [-0.39, 0.29) is 12.1 Å². The van der Waals surface area contributed by atoms with E-state index in [9.17, 15) is 22.8 Å². The van der Waals surface area contributed by atoms with Gasteiger partial charge in [-0.05, 0) is 24.1 Å². The molecule has 0 radical (unpaired) electrons. The summed E-state index contributed by atoms with van der Waals surface area (Å²) >= 11 is 0. The summed E-state index contributed by atoms with van der Waals surface area (Å²) in [6, 6.07) is 3.13. The van der Waals surface area contributed by atoms with Crippen molar-refractivity contribution in [1.82, 2.24) is 4.57 Å². The van der Waals surface area contributed by atoms with Gasteiger partial charge in [-0.25, -0.2) is 4.79 Å². The Bertz CT molecular complexity index is 965. The van der Waals surface area contributed by atoms with Gasteiger partial charge in [0, 0.05) is 23.9 Å². The molecule has 0 amide bonds. The number of alkyl halides is 3. The van der Waals surface area contributed by atoms with Crippen LogP contribution in [-0.4, -0.2) is 36.0 Å². The van der Waals surface area contributed by atoms with Gasteiger partial charge in [0.15, 0.2) is 16.9 Å². The molecule has 2 heterocycles. The second-order valence-corrected chi connectivity index (χ2v) is 6.19. The van der Waals surface area contributed by atoms with Gasteiger partial charge in [-0.15, -0.1) is 0 Å². The number of carbonyl (C=O) groups is 1. The van der Waals surface area contributed by atoms with Gasteiger partial charge in [0.25, 0.3) is 0 Å². The van der Waals surface area contributed by atoms with Crippen molar-refractivity contribution in [3.8, 4) is 22.8 Å². The predicted octanol–water partition coefficient (Wildman–Crippen LogP) is 3.28. The maximum Gasteiger partial charge on any atom is 0.391 e. The number of carboxylic acid groups (broad SMARTS) is 1. The Morgan fingerprint density at radius 3 is 2.41 bits per heavy atom. The largest absolute Gasteiger partial charge is 0.493 e. The lowest BCUT2D eigenvalue weighted by atomic mass is 9.90. The molecule has 144 valence electrons. The number of rotatable bonds is 4. The van der Waals surface area contributed by atoms with Gasteiger partial charge in [0.2, 0.25) is 0 Å². The summed E-state index contributed by atoms with van der Waals surface area (Å²) in [6.07, 6.45) is -4.63. The number of ether oxygens (including phenoxy) is 2. The summed E-state index contributed by atoms with van der Waals surface area (Å²) in [7, 11) is 2.83. The molecule has 0 saturated heterocycles. The molecule has 1 unspecified atom stereocenters. The fourth-order valence-corrected chi connectivity index (χ4v) is 3.35. The van der Waals surface area contributed by atoms with E-state index in [0.29, 0.717) is 22.6 Å². The molecule has 0 fully saturated rings. The Hall–Kier alpha value is -2.97. The molecule has 27 heavy (non-hydrogen) atoms. The summed E-state index contributed by atoms with van der Waals surface area (Å²) < 4.78 is 50.9. The molecule has 0 saturated carbocycles. The van der Waals surface area contributed by atoms with Crippen LogP contribution in [0, 0.1) is 0 Å². The number of methoxy groups -OCH3 is 2.